The number of rotatable bonds is 6. The van der Waals surface area contributed by atoms with Crippen LogP contribution in [0.4, 0.5) is 17.1 Å². The average molecular weight is 481 g/mol. The first-order chi connectivity index (χ1) is 15.1. The molecule has 0 aliphatic rings. The van der Waals surface area contributed by atoms with E-state index < -0.39 is 7.51 Å². The molecule has 188 valence electrons. The van der Waals surface area contributed by atoms with Gasteiger partial charge in [0, 0.05) is 56.4 Å². The van der Waals surface area contributed by atoms with Gasteiger partial charge in [-0.2, -0.15) is 0 Å². The normalized spacial score (nSPS) is 11.5. The number of nitrogens with zero attached hydrogens (tertiary/aromatic N) is 10. The maximum Gasteiger partial charge on any atom is 0.200 e. The van der Waals surface area contributed by atoms with Crippen molar-refractivity contribution in [3.8, 4) is 0 Å². The van der Waals surface area contributed by atoms with Crippen molar-refractivity contribution in [1.29, 1.82) is 0 Å². The fourth-order valence-corrected chi connectivity index (χ4v) is 6.79. The fraction of sp³-hybridized carbons (Fsp3) is 0.636. The first-order valence-electron chi connectivity index (χ1n) is 10.8. The highest BCUT2D eigenvalue weighted by Crippen LogP contribution is 2.57. The molecule has 1 rings (SSSR count). The zero-order valence-electron chi connectivity index (χ0n) is 23.2. The van der Waals surface area contributed by atoms with Crippen molar-refractivity contribution in [3.05, 3.63) is 18.2 Å². The highest BCUT2D eigenvalue weighted by molar-refractivity contribution is 7.59. The van der Waals surface area contributed by atoms with Gasteiger partial charge in [0.2, 0.25) is 11.9 Å². The summed E-state index contributed by atoms with van der Waals surface area (Å²) in [4.78, 5) is 17.9. The van der Waals surface area contributed by atoms with Crippen molar-refractivity contribution >= 4 is 36.5 Å². The zero-order valence-corrected chi connectivity index (χ0v) is 24.0. The SMILES string of the molecule is CN(C)C(=Nc1ccc(N=P(N(C)C)(N(C)C)N(C)C)cc1N=C(N(C)C)N(C)C)N(C)C. The third-order valence-electron chi connectivity index (χ3n) is 4.86. The van der Waals surface area contributed by atoms with E-state index in [-0.39, 0.29) is 0 Å². The Morgan fingerprint density at radius 1 is 0.545 bits per heavy atom. The van der Waals surface area contributed by atoms with Crippen LogP contribution in [0.15, 0.2) is 32.9 Å². The zero-order chi connectivity index (χ0) is 25.7. The molecule has 0 spiro atoms. The van der Waals surface area contributed by atoms with Crippen molar-refractivity contribution in [2.45, 2.75) is 0 Å². The van der Waals surface area contributed by atoms with Crippen molar-refractivity contribution in [3.63, 3.8) is 0 Å². The number of aliphatic imine (C=N–C) groups is 2. The lowest BCUT2D eigenvalue weighted by Gasteiger charge is -2.41. The lowest BCUT2D eigenvalue weighted by molar-refractivity contribution is 0.474. The fourth-order valence-electron chi connectivity index (χ4n) is 3.67. The van der Waals surface area contributed by atoms with Gasteiger partial charge in [-0.05, 0) is 60.5 Å². The van der Waals surface area contributed by atoms with Gasteiger partial charge in [0.05, 0.1) is 17.1 Å². The first kappa shape index (κ1) is 28.9. The predicted octanol–water partition coefficient (Wildman–Crippen LogP) is 3.17. The van der Waals surface area contributed by atoms with E-state index in [4.69, 9.17) is 14.7 Å². The quantitative estimate of drug-likeness (QED) is 0.352. The average Bonchev–Trinajstić information content (AvgIpc) is 2.67. The second-order valence-corrected chi connectivity index (χ2v) is 12.9. The molecule has 0 N–H and O–H groups in total. The topological polar surface area (TPSA) is 59.8 Å². The van der Waals surface area contributed by atoms with Crippen molar-refractivity contribution in [1.82, 2.24) is 33.6 Å². The van der Waals surface area contributed by atoms with Gasteiger partial charge in [-0.25, -0.2) is 14.7 Å². The van der Waals surface area contributed by atoms with E-state index in [9.17, 15) is 0 Å². The maximum atomic E-state index is 5.26. The summed E-state index contributed by atoms with van der Waals surface area (Å²) in [6, 6.07) is 6.06. The van der Waals surface area contributed by atoms with E-state index in [1.807, 2.05) is 94.2 Å². The summed E-state index contributed by atoms with van der Waals surface area (Å²) in [6.45, 7) is 0. The van der Waals surface area contributed by atoms with E-state index >= 15 is 0 Å². The molecule has 0 bridgehead atoms. The Morgan fingerprint density at radius 2 is 0.909 bits per heavy atom. The number of hydrogen-bond donors (Lipinski definition) is 0. The molecule has 10 nitrogen and oxygen atoms in total. The highest BCUT2D eigenvalue weighted by atomic mass is 31.2. The molecular weight excluding hydrogens is 435 g/mol. The molecule has 0 saturated carbocycles. The van der Waals surface area contributed by atoms with Crippen LogP contribution in [0.2, 0.25) is 0 Å². The van der Waals surface area contributed by atoms with Gasteiger partial charge in [0.25, 0.3) is 0 Å². The minimum absolute atomic E-state index is 0.768. The van der Waals surface area contributed by atoms with Gasteiger partial charge in [-0.3, -0.25) is 14.0 Å². The summed E-state index contributed by atoms with van der Waals surface area (Å²) < 4.78 is 11.9. The molecular formula is C22H45N10P. The summed E-state index contributed by atoms with van der Waals surface area (Å²) in [5.41, 5.74) is 2.42. The maximum absolute atomic E-state index is 5.26. The van der Waals surface area contributed by atoms with Gasteiger partial charge >= 0.3 is 0 Å². The van der Waals surface area contributed by atoms with Crippen LogP contribution in [0.1, 0.15) is 0 Å². The molecule has 0 unspecified atom stereocenters. The third-order valence-corrected chi connectivity index (χ3v) is 8.58. The van der Waals surface area contributed by atoms with Crippen LogP contribution in [0.5, 0.6) is 0 Å². The van der Waals surface area contributed by atoms with E-state index in [0.717, 1.165) is 29.0 Å². The molecule has 33 heavy (non-hydrogen) atoms. The molecule has 0 aliphatic heterocycles. The van der Waals surface area contributed by atoms with E-state index in [1.54, 1.807) is 0 Å². The van der Waals surface area contributed by atoms with Crippen LogP contribution in [0.25, 0.3) is 0 Å². The Balaban J connectivity index is 3.96. The van der Waals surface area contributed by atoms with Crippen LogP contribution >= 0.6 is 7.51 Å². The lowest BCUT2D eigenvalue weighted by Crippen LogP contribution is -2.35. The number of benzene rings is 1. The summed E-state index contributed by atoms with van der Waals surface area (Å²) >= 11 is 0. The molecule has 0 aromatic heterocycles. The van der Waals surface area contributed by atoms with Crippen molar-refractivity contribution < 1.29 is 0 Å². The molecule has 1 aromatic rings. The van der Waals surface area contributed by atoms with Crippen LogP contribution in [-0.2, 0) is 0 Å². The molecule has 0 fully saturated rings. The second kappa shape index (κ2) is 11.8. The van der Waals surface area contributed by atoms with Gasteiger partial charge < -0.3 is 19.6 Å². The van der Waals surface area contributed by atoms with Crippen molar-refractivity contribution in [2.24, 2.45) is 14.7 Å². The molecule has 0 atom stereocenters. The van der Waals surface area contributed by atoms with Gasteiger partial charge in [0.1, 0.15) is 0 Å². The Hall–Kier alpha value is -2.13. The van der Waals surface area contributed by atoms with Gasteiger partial charge in [0.15, 0.2) is 7.51 Å². The monoisotopic (exact) mass is 480 g/mol. The Bertz CT molecular complexity index is 850. The van der Waals surface area contributed by atoms with Gasteiger partial charge in [-0.15, -0.1) is 0 Å². The van der Waals surface area contributed by atoms with Crippen LogP contribution in [-0.4, -0.2) is 144 Å². The predicted molar refractivity (Wildman–Crippen MR) is 145 cm³/mol. The largest absolute Gasteiger partial charge is 0.349 e. The van der Waals surface area contributed by atoms with E-state index in [0.29, 0.717) is 0 Å². The number of guanidine groups is 2. The molecule has 0 heterocycles. The minimum Gasteiger partial charge on any atom is -0.349 e. The van der Waals surface area contributed by atoms with E-state index in [2.05, 4.69) is 56.3 Å². The molecule has 0 radical (unpaired) electrons. The van der Waals surface area contributed by atoms with Crippen LogP contribution < -0.4 is 0 Å². The minimum atomic E-state index is -2.10. The Morgan fingerprint density at radius 3 is 1.24 bits per heavy atom. The molecule has 0 saturated heterocycles. The van der Waals surface area contributed by atoms with E-state index in [1.165, 1.54) is 0 Å². The second-order valence-electron chi connectivity index (χ2n) is 9.25. The molecule has 1 aromatic carbocycles. The summed E-state index contributed by atoms with van der Waals surface area (Å²) in [5, 5.41) is 0. The Kier molecular flexibility index (Phi) is 10.4. The first-order valence-corrected chi connectivity index (χ1v) is 12.4. The molecule has 0 amide bonds. The smallest absolute Gasteiger partial charge is 0.200 e. The molecule has 11 heteroatoms. The summed E-state index contributed by atoms with van der Waals surface area (Å²) in [5.74, 6) is 1.66. The summed E-state index contributed by atoms with van der Waals surface area (Å²) in [7, 11) is 26.3. The third kappa shape index (κ3) is 6.93. The standard InChI is InChI=1S/C22H45N10P/c1-26(2)21(27(3)4)23-19-16-15-18(17-20(19)24-22(28(5)6)29(7)8)25-33(30(9)10,31(11)12)32(13)14/h15-17H,1-14H3. The van der Waals surface area contributed by atoms with Crippen LogP contribution in [0, 0.1) is 0 Å². The Labute approximate surface area is 202 Å². The van der Waals surface area contributed by atoms with Crippen LogP contribution in [0.3, 0.4) is 0 Å². The van der Waals surface area contributed by atoms with Gasteiger partial charge in [-0.1, -0.05) is 0 Å². The highest BCUT2D eigenvalue weighted by Gasteiger charge is 2.28. The molecule has 0 aliphatic carbocycles. The lowest BCUT2D eigenvalue weighted by atomic mass is 10.2. The number of hydrogen-bond acceptors (Lipinski definition) is 3. The summed E-state index contributed by atoms with van der Waals surface area (Å²) in [6.07, 6.45) is 0. The van der Waals surface area contributed by atoms with Crippen molar-refractivity contribution in [2.75, 3.05) is 98.7 Å².